The highest BCUT2D eigenvalue weighted by atomic mass is 19.1. The Balaban J connectivity index is 2.03. The number of hydrogen-bond donors (Lipinski definition) is 1. The third kappa shape index (κ3) is 4.23. The molecule has 0 bridgehead atoms. The number of rotatable bonds is 5. The molecule has 5 nitrogen and oxygen atoms in total. The van der Waals surface area contributed by atoms with Crippen LogP contribution in [0.15, 0.2) is 24.8 Å². The average Bonchev–Trinajstić information content (AvgIpc) is 2.52. The molecule has 7 heteroatoms. The van der Waals surface area contributed by atoms with Gasteiger partial charge < -0.3 is 19.7 Å². The number of piperazine rings is 1. The molecule has 1 aliphatic heterocycles. The van der Waals surface area contributed by atoms with Crippen LogP contribution in [0.3, 0.4) is 0 Å². The predicted molar refractivity (Wildman–Crippen MR) is 85.9 cm³/mol. The summed E-state index contributed by atoms with van der Waals surface area (Å²) in [7, 11) is 0. The van der Waals surface area contributed by atoms with Crippen molar-refractivity contribution in [3.8, 4) is 5.75 Å². The van der Waals surface area contributed by atoms with Crippen molar-refractivity contribution >= 4 is 6.09 Å². The number of benzene rings is 1. The van der Waals surface area contributed by atoms with Gasteiger partial charge in [0.2, 0.25) is 0 Å². The Morgan fingerprint density at radius 2 is 1.92 bits per heavy atom. The number of nitrogens with one attached hydrogen (secondary N) is 1. The fourth-order valence-corrected chi connectivity index (χ4v) is 2.66. The van der Waals surface area contributed by atoms with E-state index in [1.165, 1.54) is 6.08 Å². The van der Waals surface area contributed by atoms with Crippen LogP contribution < -0.4 is 10.1 Å². The number of hydrogen-bond acceptors (Lipinski definition) is 4. The highest BCUT2D eigenvalue weighted by molar-refractivity contribution is 5.68. The predicted octanol–water partition coefficient (Wildman–Crippen LogP) is 2.85. The zero-order chi connectivity index (χ0) is 17.7. The van der Waals surface area contributed by atoms with Crippen molar-refractivity contribution in [2.24, 2.45) is 0 Å². The number of nitrogens with zero attached hydrogens (tertiary/aromatic N) is 1. The van der Waals surface area contributed by atoms with Crippen molar-refractivity contribution in [1.82, 2.24) is 10.2 Å². The van der Waals surface area contributed by atoms with Crippen LogP contribution >= 0.6 is 0 Å². The third-order valence-corrected chi connectivity index (χ3v) is 3.86. The van der Waals surface area contributed by atoms with Gasteiger partial charge in [0.05, 0.1) is 5.56 Å². The van der Waals surface area contributed by atoms with Gasteiger partial charge in [-0.15, -0.1) is 0 Å². The van der Waals surface area contributed by atoms with Crippen LogP contribution in [0.1, 0.15) is 19.4 Å². The second-order valence-corrected chi connectivity index (χ2v) is 5.78. The van der Waals surface area contributed by atoms with Crippen LogP contribution in [0.4, 0.5) is 13.6 Å². The minimum absolute atomic E-state index is 0.0503. The fourth-order valence-electron chi connectivity index (χ4n) is 2.66. The van der Waals surface area contributed by atoms with Crippen LogP contribution in [0.25, 0.3) is 0 Å². The number of carbonyl (C=O) groups excluding carboxylic acids is 1. The van der Waals surface area contributed by atoms with Gasteiger partial charge in [-0.1, -0.05) is 12.7 Å². The summed E-state index contributed by atoms with van der Waals surface area (Å²) in [4.78, 5) is 13.8. The first-order valence-corrected chi connectivity index (χ1v) is 7.81. The molecule has 1 amide bonds. The average molecular weight is 340 g/mol. The summed E-state index contributed by atoms with van der Waals surface area (Å²) in [5.74, 6) is -1.57. The second-order valence-electron chi connectivity index (χ2n) is 5.78. The number of carbonyl (C=O) groups is 1. The molecule has 0 aromatic heterocycles. The van der Waals surface area contributed by atoms with Gasteiger partial charge >= 0.3 is 6.09 Å². The Morgan fingerprint density at radius 1 is 1.33 bits per heavy atom. The van der Waals surface area contributed by atoms with Crippen molar-refractivity contribution in [3.63, 3.8) is 0 Å². The van der Waals surface area contributed by atoms with Crippen LogP contribution in [-0.2, 0) is 11.3 Å². The molecular weight excluding hydrogens is 318 g/mol. The zero-order valence-electron chi connectivity index (χ0n) is 13.9. The Kier molecular flexibility index (Phi) is 6.14. The standard InChI is InChI=1S/C17H22F2N2O3/c1-4-5-23-13-6-15(18)14(16(19)7-13)10-24-17(22)21-11(2)8-20-9-12(21)3/h4,6-7,11-12,20H,1,5,8-10H2,2-3H3/t11-,12+. The number of ether oxygens (including phenoxy) is 2. The zero-order valence-corrected chi connectivity index (χ0v) is 13.9. The molecule has 1 saturated heterocycles. The highest BCUT2D eigenvalue weighted by Gasteiger charge is 2.30. The Labute approximate surface area is 140 Å². The number of amides is 1. The molecule has 0 unspecified atom stereocenters. The van der Waals surface area contributed by atoms with Crippen molar-refractivity contribution in [2.45, 2.75) is 32.5 Å². The van der Waals surface area contributed by atoms with Crippen molar-refractivity contribution in [2.75, 3.05) is 19.7 Å². The smallest absolute Gasteiger partial charge is 0.410 e. The maximum absolute atomic E-state index is 14.0. The van der Waals surface area contributed by atoms with E-state index in [1.807, 2.05) is 13.8 Å². The molecule has 24 heavy (non-hydrogen) atoms. The maximum atomic E-state index is 14.0. The van der Waals surface area contributed by atoms with Crippen LogP contribution in [0, 0.1) is 11.6 Å². The highest BCUT2D eigenvalue weighted by Crippen LogP contribution is 2.22. The topological polar surface area (TPSA) is 50.8 Å². The van der Waals surface area contributed by atoms with Crippen molar-refractivity contribution in [3.05, 3.63) is 42.0 Å². The van der Waals surface area contributed by atoms with Gasteiger partial charge in [0.1, 0.15) is 30.6 Å². The molecular formula is C17H22F2N2O3. The monoisotopic (exact) mass is 340 g/mol. The summed E-state index contributed by atoms with van der Waals surface area (Å²) >= 11 is 0. The van der Waals surface area contributed by atoms with Crippen LogP contribution in [-0.4, -0.2) is 42.8 Å². The molecule has 2 atom stereocenters. The molecule has 1 aromatic rings. The van der Waals surface area contributed by atoms with Gasteiger partial charge in [-0.3, -0.25) is 0 Å². The van der Waals surface area contributed by atoms with E-state index in [9.17, 15) is 13.6 Å². The third-order valence-electron chi connectivity index (χ3n) is 3.86. The second kappa shape index (κ2) is 8.10. The molecule has 132 valence electrons. The number of halogens is 2. The Hall–Kier alpha value is -2.15. The molecule has 0 saturated carbocycles. The van der Waals surface area contributed by atoms with Gasteiger partial charge in [0.15, 0.2) is 0 Å². The van der Waals surface area contributed by atoms with Gasteiger partial charge in [-0.05, 0) is 13.8 Å². The lowest BCUT2D eigenvalue weighted by Crippen LogP contribution is -2.57. The van der Waals surface area contributed by atoms with Crippen LogP contribution in [0.5, 0.6) is 5.75 Å². The molecule has 1 aromatic carbocycles. The van der Waals surface area contributed by atoms with E-state index < -0.39 is 24.3 Å². The molecule has 0 aliphatic carbocycles. The molecule has 0 spiro atoms. The first-order valence-electron chi connectivity index (χ1n) is 7.81. The summed E-state index contributed by atoms with van der Waals surface area (Å²) < 4.78 is 38.3. The lowest BCUT2D eigenvalue weighted by molar-refractivity contribution is 0.0551. The van der Waals surface area contributed by atoms with Crippen molar-refractivity contribution < 1.29 is 23.0 Å². The van der Waals surface area contributed by atoms with E-state index in [4.69, 9.17) is 9.47 Å². The van der Waals surface area contributed by atoms with Gasteiger partial charge in [-0.2, -0.15) is 0 Å². The SMILES string of the molecule is C=CCOc1cc(F)c(COC(=O)N2[C@H](C)CNC[C@@H]2C)c(F)c1. The van der Waals surface area contributed by atoms with E-state index in [2.05, 4.69) is 11.9 Å². The largest absolute Gasteiger partial charge is 0.489 e. The Bertz CT molecular complexity index is 576. The minimum atomic E-state index is -0.816. The fraction of sp³-hybridized carbons (Fsp3) is 0.471. The molecule has 1 N–H and O–H groups in total. The van der Waals surface area contributed by atoms with E-state index >= 15 is 0 Å². The van der Waals surface area contributed by atoms with Gasteiger partial charge in [-0.25, -0.2) is 13.6 Å². The Morgan fingerprint density at radius 3 is 2.46 bits per heavy atom. The minimum Gasteiger partial charge on any atom is -0.489 e. The van der Waals surface area contributed by atoms with Crippen molar-refractivity contribution in [1.29, 1.82) is 0 Å². The molecule has 1 fully saturated rings. The molecule has 1 aliphatic rings. The summed E-state index contributed by atoms with van der Waals surface area (Å²) in [6.45, 7) is 8.21. The summed E-state index contributed by atoms with van der Waals surface area (Å²) in [6.07, 6.45) is 0.892. The summed E-state index contributed by atoms with van der Waals surface area (Å²) in [5.41, 5.74) is -0.301. The first-order chi connectivity index (χ1) is 11.4. The van der Waals surface area contributed by atoms with Gasteiger partial charge in [0.25, 0.3) is 0 Å². The van der Waals surface area contributed by atoms with E-state index in [0.29, 0.717) is 13.1 Å². The molecule has 2 rings (SSSR count). The maximum Gasteiger partial charge on any atom is 0.410 e. The van der Waals surface area contributed by atoms with E-state index in [0.717, 1.165) is 12.1 Å². The van der Waals surface area contributed by atoms with E-state index in [-0.39, 0.29) is 30.0 Å². The van der Waals surface area contributed by atoms with Gasteiger partial charge in [0, 0.05) is 37.3 Å². The summed E-state index contributed by atoms with van der Waals surface area (Å²) in [6, 6.07) is 2.02. The molecule has 0 radical (unpaired) electrons. The quantitative estimate of drug-likeness (QED) is 0.838. The van der Waals surface area contributed by atoms with E-state index in [1.54, 1.807) is 4.90 Å². The normalized spacial score (nSPS) is 20.6. The molecule has 1 heterocycles. The lowest BCUT2D eigenvalue weighted by Gasteiger charge is -2.38. The lowest BCUT2D eigenvalue weighted by atomic mass is 10.1. The first kappa shape index (κ1) is 18.2. The summed E-state index contributed by atoms with van der Waals surface area (Å²) in [5, 5.41) is 3.19. The van der Waals surface area contributed by atoms with Crippen LogP contribution in [0.2, 0.25) is 0 Å².